The summed E-state index contributed by atoms with van der Waals surface area (Å²) in [5.41, 5.74) is -0.851. The fraction of sp³-hybridized carbons (Fsp3) is 0.400. The van der Waals surface area contributed by atoms with Crippen LogP contribution >= 0.6 is 11.6 Å². The van der Waals surface area contributed by atoms with Crippen molar-refractivity contribution in [1.82, 2.24) is 14.8 Å². The molecule has 3 aromatic rings. The van der Waals surface area contributed by atoms with E-state index in [1.165, 1.54) is 36.4 Å². The third-order valence-electron chi connectivity index (χ3n) is 7.87. The number of anilines is 1. The zero-order chi connectivity index (χ0) is 25.1. The van der Waals surface area contributed by atoms with E-state index in [0.29, 0.717) is 24.0 Å². The first-order valence-corrected chi connectivity index (χ1v) is 12.2. The second-order valence-electron chi connectivity index (χ2n) is 10.4. The highest BCUT2D eigenvalue weighted by Gasteiger charge is 2.61. The molecule has 4 bridgehead atoms. The van der Waals surface area contributed by atoms with Crippen LogP contribution in [0.5, 0.6) is 11.5 Å². The molecule has 0 aliphatic heterocycles. The molecule has 0 spiro atoms. The molecule has 2 atom stereocenters. The standard InChI is InChI=1S/C25H23ClFN5O4/c26-23-28-14-31(30-23)25-11-15-5-16(12-25)10-24(9-15,13-25)22(33)29-18-6-19(32(34)35)8-21(7-18)36-20-3-1-17(27)2-4-20/h1-4,6-8,14-16H,5,9-13H2,(H,29,33)/t15-,16-,24?,25?/m1/s1. The molecule has 4 aliphatic carbocycles. The summed E-state index contributed by atoms with van der Waals surface area (Å²) in [4.78, 5) is 28.9. The van der Waals surface area contributed by atoms with Gasteiger partial charge in [0, 0.05) is 12.1 Å². The van der Waals surface area contributed by atoms with Gasteiger partial charge in [-0.3, -0.25) is 14.9 Å². The lowest BCUT2D eigenvalue weighted by molar-refractivity contribution is -0.384. The van der Waals surface area contributed by atoms with Crippen molar-refractivity contribution >= 4 is 28.9 Å². The minimum atomic E-state index is -0.606. The topological polar surface area (TPSA) is 112 Å². The average molecular weight is 512 g/mol. The van der Waals surface area contributed by atoms with Crippen molar-refractivity contribution in [3.63, 3.8) is 0 Å². The van der Waals surface area contributed by atoms with Crippen LogP contribution in [-0.4, -0.2) is 25.6 Å². The molecule has 4 aliphatic rings. The third kappa shape index (κ3) is 3.99. The largest absolute Gasteiger partial charge is 0.457 e. The molecule has 7 rings (SSSR count). The number of benzene rings is 2. The summed E-state index contributed by atoms with van der Waals surface area (Å²) in [6.45, 7) is 0. The number of nitro groups is 1. The van der Waals surface area contributed by atoms with Crippen molar-refractivity contribution in [2.75, 3.05) is 5.32 Å². The molecule has 4 saturated carbocycles. The van der Waals surface area contributed by atoms with Gasteiger partial charge in [-0.25, -0.2) is 14.1 Å². The lowest BCUT2D eigenvalue weighted by Gasteiger charge is -2.60. The van der Waals surface area contributed by atoms with Crippen molar-refractivity contribution in [1.29, 1.82) is 0 Å². The Hall–Kier alpha value is -3.53. The summed E-state index contributed by atoms with van der Waals surface area (Å²) in [6, 6.07) is 9.47. The van der Waals surface area contributed by atoms with Gasteiger partial charge in [-0.05, 0) is 86.2 Å². The first kappa shape index (κ1) is 22.9. The number of hydrogen-bond donors (Lipinski definition) is 1. The number of nitrogens with zero attached hydrogens (tertiary/aromatic N) is 4. The molecular formula is C25H23ClFN5O4. The summed E-state index contributed by atoms with van der Waals surface area (Å²) in [7, 11) is 0. The van der Waals surface area contributed by atoms with Crippen LogP contribution < -0.4 is 10.1 Å². The summed E-state index contributed by atoms with van der Waals surface area (Å²) >= 11 is 6.02. The monoisotopic (exact) mass is 511 g/mol. The van der Waals surface area contributed by atoms with E-state index in [1.807, 2.05) is 4.68 Å². The van der Waals surface area contributed by atoms with Gasteiger partial charge in [-0.1, -0.05) is 0 Å². The lowest BCUT2D eigenvalue weighted by Crippen LogP contribution is -2.60. The number of nitrogens with one attached hydrogen (secondary N) is 1. The molecule has 11 heteroatoms. The van der Waals surface area contributed by atoms with Gasteiger partial charge in [0.05, 0.1) is 27.6 Å². The lowest BCUT2D eigenvalue weighted by atomic mass is 9.46. The molecule has 4 fully saturated rings. The Kier molecular flexibility index (Phi) is 5.26. The Balaban J connectivity index is 1.29. The fourth-order valence-corrected chi connectivity index (χ4v) is 7.07. The highest BCUT2D eigenvalue weighted by molar-refractivity contribution is 6.28. The molecule has 1 aromatic heterocycles. The molecule has 1 amide bonds. The van der Waals surface area contributed by atoms with E-state index in [0.717, 1.165) is 32.1 Å². The Bertz CT molecular complexity index is 1350. The third-order valence-corrected chi connectivity index (χ3v) is 8.04. The fourth-order valence-electron chi connectivity index (χ4n) is 6.94. The zero-order valence-corrected chi connectivity index (χ0v) is 19.9. The van der Waals surface area contributed by atoms with Crippen LogP contribution in [0.1, 0.15) is 38.5 Å². The molecule has 186 valence electrons. The number of amides is 1. The van der Waals surface area contributed by atoms with Crippen molar-refractivity contribution in [3.05, 3.63) is 70.0 Å². The van der Waals surface area contributed by atoms with E-state index >= 15 is 0 Å². The maximum atomic E-state index is 13.8. The minimum Gasteiger partial charge on any atom is -0.457 e. The number of ether oxygens (including phenoxy) is 1. The van der Waals surface area contributed by atoms with E-state index in [1.54, 1.807) is 12.4 Å². The molecule has 9 nitrogen and oxygen atoms in total. The van der Waals surface area contributed by atoms with Crippen LogP contribution in [0.2, 0.25) is 5.28 Å². The van der Waals surface area contributed by atoms with Gasteiger partial charge in [0.25, 0.3) is 5.69 Å². The number of halogens is 2. The maximum absolute atomic E-state index is 13.8. The highest BCUT2D eigenvalue weighted by atomic mass is 35.5. The predicted molar refractivity (Wildman–Crippen MR) is 128 cm³/mol. The van der Waals surface area contributed by atoms with Gasteiger partial charge in [-0.15, -0.1) is 5.10 Å². The molecular weight excluding hydrogens is 489 g/mol. The molecule has 0 radical (unpaired) electrons. The first-order chi connectivity index (χ1) is 17.2. The van der Waals surface area contributed by atoms with Crippen molar-refractivity contribution in [2.45, 2.75) is 44.1 Å². The second kappa shape index (κ2) is 8.26. The van der Waals surface area contributed by atoms with Crippen LogP contribution in [0.4, 0.5) is 15.8 Å². The summed E-state index contributed by atoms with van der Waals surface area (Å²) < 4.78 is 20.8. The van der Waals surface area contributed by atoms with Crippen molar-refractivity contribution in [3.8, 4) is 11.5 Å². The molecule has 1 N–H and O–H groups in total. The number of carbonyl (C=O) groups excluding carboxylic acids is 1. The van der Waals surface area contributed by atoms with E-state index < -0.39 is 16.2 Å². The van der Waals surface area contributed by atoms with Gasteiger partial charge in [0.1, 0.15) is 23.6 Å². The normalized spacial score (nSPS) is 28.2. The van der Waals surface area contributed by atoms with Gasteiger partial charge >= 0.3 is 0 Å². The Morgan fingerprint density at radius 1 is 1.14 bits per heavy atom. The van der Waals surface area contributed by atoms with Crippen LogP contribution in [0.3, 0.4) is 0 Å². The number of rotatable bonds is 6. The van der Waals surface area contributed by atoms with E-state index in [9.17, 15) is 19.3 Å². The molecule has 0 unspecified atom stereocenters. The minimum absolute atomic E-state index is 0.152. The van der Waals surface area contributed by atoms with Crippen molar-refractivity contribution < 1.29 is 18.8 Å². The first-order valence-electron chi connectivity index (χ1n) is 11.8. The number of non-ortho nitro benzene ring substituents is 1. The summed E-state index contributed by atoms with van der Waals surface area (Å²) in [6.07, 6.45) is 6.77. The van der Waals surface area contributed by atoms with E-state index in [-0.39, 0.29) is 33.9 Å². The maximum Gasteiger partial charge on any atom is 0.275 e. The number of nitro benzene ring substituents is 1. The molecule has 36 heavy (non-hydrogen) atoms. The number of hydrogen-bond acceptors (Lipinski definition) is 6. The average Bonchev–Trinajstić information content (AvgIpc) is 3.27. The zero-order valence-electron chi connectivity index (χ0n) is 19.2. The Morgan fingerprint density at radius 3 is 2.50 bits per heavy atom. The van der Waals surface area contributed by atoms with Crippen LogP contribution in [0, 0.1) is 33.2 Å². The van der Waals surface area contributed by atoms with Gasteiger partial charge in [-0.2, -0.15) is 0 Å². The summed E-state index contributed by atoms with van der Waals surface area (Å²) in [5, 5.41) is 19.1. The Labute approximate surface area is 210 Å². The van der Waals surface area contributed by atoms with Gasteiger partial charge < -0.3 is 10.1 Å². The SMILES string of the molecule is O=C(Nc1cc(Oc2ccc(F)cc2)cc([N+](=O)[O-])c1)C12C[C@H]3C[C@H](C1)CC(n1cnc(Cl)n1)(C3)C2. The number of aromatic nitrogens is 3. The highest BCUT2D eigenvalue weighted by Crippen LogP contribution is 2.64. The van der Waals surface area contributed by atoms with Gasteiger partial charge in [0.2, 0.25) is 11.2 Å². The van der Waals surface area contributed by atoms with E-state index in [2.05, 4.69) is 15.4 Å². The smallest absolute Gasteiger partial charge is 0.275 e. The molecule has 2 aromatic carbocycles. The Morgan fingerprint density at radius 2 is 1.86 bits per heavy atom. The second-order valence-corrected chi connectivity index (χ2v) is 10.7. The van der Waals surface area contributed by atoms with Crippen molar-refractivity contribution in [2.24, 2.45) is 17.3 Å². The van der Waals surface area contributed by atoms with E-state index in [4.69, 9.17) is 16.3 Å². The quantitative estimate of drug-likeness (QED) is 0.335. The number of carbonyl (C=O) groups is 1. The van der Waals surface area contributed by atoms with Crippen LogP contribution in [0.25, 0.3) is 0 Å². The molecule has 1 heterocycles. The predicted octanol–water partition coefficient (Wildman–Crippen LogP) is 5.71. The van der Waals surface area contributed by atoms with Gasteiger partial charge in [0.15, 0.2) is 0 Å². The van der Waals surface area contributed by atoms with Crippen LogP contribution in [0.15, 0.2) is 48.8 Å². The van der Waals surface area contributed by atoms with Crippen LogP contribution in [-0.2, 0) is 10.3 Å². The summed E-state index contributed by atoms with van der Waals surface area (Å²) in [5.74, 6) is 0.704. The molecule has 0 saturated heterocycles.